The van der Waals surface area contributed by atoms with Crippen LogP contribution in [-0.4, -0.2) is 38.9 Å². The number of phenols is 1. The lowest BCUT2D eigenvalue weighted by Gasteiger charge is -2.25. The van der Waals surface area contributed by atoms with Gasteiger partial charge in [-0.1, -0.05) is 35.3 Å². The van der Waals surface area contributed by atoms with Crippen molar-refractivity contribution < 1.29 is 24.5 Å². The van der Waals surface area contributed by atoms with Crippen LogP contribution in [0.5, 0.6) is 11.5 Å². The van der Waals surface area contributed by atoms with Gasteiger partial charge >= 0.3 is 0 Å². The molecule has 0 aliphatic carbocycles. The monoisotopic (exact) mass is 484 g/mol. The smallest absolute Gasteiger partial charge is 0.295 e. The number of aliphatic hydroxyl groups is 1. The average molecular weight is 485 g/mol. The second kappa shape index (κ2) is 9.13. The number of methoxy groups -OCH3 is 1. The van der Waals surface area contributed by atoms with Crippen LogP contribution in [0, 0.1) is 0 Å². The van der Waals surface area contributed by atoms with E-state index in [4.69, 9.17) is 27.9 Å². The molecule has 168 valence electrons. The number of carbonyl (C=O) groups is 2. The summed E-state index contributed by atoms with van der Waals surface area (Å²) in [5.41, 5.74) is 1.34. The number of Topliss-reactive ketones (excluding diaryl/α,β-unsaturated/α-hetero) is 1. The molecular formula is C24H18Cl2N2O5. The lowest BCUT2D eigenvalue weighted by molar-refractivity contribution is -0.140. The van der Waals surface area contributed by atoms with Gasteiger partial charge in [0.25, 0.3) is 11.7 Å². The van der Waals surface area contributed by atoms with Crippen LogP contribution in [0.25, 0.3) is 5.76 Å². The molecule has 0 saturated carbocycles. The molecule has 1 atom stereocenters. The first-order valence-electron chi connectivity index (χ1n) is 9.81. The molecule has 0 spiro atoms. The number of aromatic hydroxyl groups is 1. The molecule has 1 saturated heterocycles. The first kappa shape index (κ1) is 22.6. The van der Waals surface area contributed by atoms with Gasteiger partial charge in [-0.2, -0.15) is 0 Å². The number of pyridine rings is 1. The van der Waals surface area contributed by atoms with Gasteiger partial charge in [-0.3, -0.25) is 14.6 Å². The molecule has 2 N–H and O–H groups in total. The molecule has 7 nitrogen and oxygen atoms in total. The third-order valence-corrected chi connectivity index (χ3v) is 5.89. The van der Waals surface area contributed by atoms with E-state index in [-0.39, 0.29) is 39.2 Å². The van der Waals surface area contributed by atoms with Crippen LogP contribution >= 0.6 is 23.2 Å². The minimum atomic E-state index is -0.904. The highest BCUT2D eigenvalue weighted by Gasteiger charge is 2.46. The molecule has 1 aliphatic rings. The normalized spacial score (nSPS) is 17.4. The van der Waals surface area contributed by atoms with Gasteiger partial charge < -0.3 is 19.8 Å². The molecule has 0 bridgehead atoms. The molecule has 33 heavy (non-hydrogen) atoms. The van der Waals surface area contributed by atoms with E-state index < -0.39 is 23.5 Å². The molecule has 2 aromatic carbocycles. The van der Waals surface area contributed by atoms with Gasteiger partial charge in [0.05, 0.1) is 28.8 Å². The molecule has 3 aromatic rings. The third-order valence-electron chi connectivity index (χ3n) is 5.33. The van der Waals surface area contributed by atoms with E-state index in [1.54, 1.807) is 36.7 Å². The maximum absolute atomic E-state index is 13.1. The van der Waals surface area contributed by atoms with E-state index >= 15 is 0 Å². The summed E-state index contributed by atoms with van der Waals surface area (Å²) in [4.78, 5) is 31.5. The Hall–Kier alpha value is -3.55. The number of ether oxygens (including phenoxy) is 1. The maximum atomic E-state index is 13.1. The van der Waals surface area contributed by atoms with Gasteiger partial charge in [-0.05, 0) is 47.5 Å². The summed E-state index contributed by atoms with van der Waals surface area (Å²) in [7, 11) is 1.40. The fraction of sp³-hybridized carbons (Fsp3) is 0.125. The lowest BCUT2D eigenvalue weighted by atomic mass is 9.95. The number of nitrogens with zero attached hydrogens (tertiary/aromatic N) is 2. The third kappa shape index (κ3) is 4.25. The highest BCUT2D eigenvalue weighted by molar-refractivity contribution is 6.46. The minimum Gasteiger partial charge on any atom is -0.508 e. The number of phenolic OH excluding ortho intramolecular Hbond substituents is 1. The van der Waals surface area contributed by atoms with Gasteiger partial charge in [-0.15, -0.1) is 0 Å². The zero-order valence-corrected chi connectivity index (χ0v) is 18.8. The molecule has 1 amide bonds. The predicted molar refractivity (Wildman–Crippen MR) is 123 cm³/mol. The number of amides is 1. The molecule has 9 heteroatoms. The maximum Gasteiger partial charge on any atom is 0.295 e. The van der Waals surface area contributed by atoms with Gasteiger partial charge in [-0.25, -0.2) is 0 Å². The topological polar surface area (TPSA) is 100.0 Å². The predicted octanol–water partition coefficient (Wildman–Crippen LogP) is 4.72. The molecule has 2 heterocycles. The Morgan fingerprint density at radius 2 is 1.67 bits per heavy atom. The van der Waals surface area contributed by atoms with Crippen LogP contribution in [-0.2, 0) is 16.1 Å². The van der Waals surface area contributed by atoms with Crippen molar-refractivity contribution in [3.05, 3.63) is 93.2 Å². The number of carbonyl (C=O) groups excluding carboxylic acids is 2. The van der Waals surface area contributed by atoms with E-state index in [2.05, 4.69) is 4.98 Å². The van der Waals surface area contributed by atoms with Crippen LogP contribution in [0.1, 0.15) is 22.7 Å². The van der Waals surface area contributed by atoms with Crippen LogP contribution in [0.2, 0.25) is 10.0 Å². The molecule has 1 fully saturated rings. The van der Waals surface area contributed by atoms with Crippen molar-refractivity contribution in [2.45, 2.75) is 12.6 Å². The first-order chi connectivity index (χ1) is 15.8. The van der Waals surface area contributed by atoms with Gasteiger partial charge in [0.1, 0.15) is 11.5 Å². The van der Waals surface area contributed by atoms with Crippen molar-refractivity contribution in [3.8, 4) is 11.5 Å². The number of ketones is 1. The number of aromatic nitrogens is 1. The fourth-order valence-corrected chi connectivity index (χ4v) is 4.42. The number of halogens is 2. The van der Waals surface area contributed by atoms with Crippen LogP contribution in [0.15, 0.2) is 66.5 Å². The van der Waals surface area contributed by atoms with Gasteiger partial charge in [0.15, 0.2) is 5.75 Å². The minimum absolute atomic E-state index is 0.0264. The Morgan fingerprint density at radius 3 is 2.24 bits per heavy atom. The number of benzene rings is 2. The Morgan fingerprint density at radius 1 is 1.06 bits per heavy atom. The number of aliphatic hydroxyl groups excluding tert-OH is 1. The van der Waals surface area contributed by atoms with Crippen molar-refractivity contribution in [3.63, 3.8) is 0 Å². The molecule has 0 radical (unpaired) electrons. The SMILES string of the molecule is COc1c(Cl)cc(/C(O)=C2\C(=O)C(=O)N(Cc3ccncc3)C2c2ccc(O)cc2)cc1Cl. The highest BCUT2D eigenvalue weighted by Crippen LogP contribution is 2.42. The van der Waals surface area contributed by atoms with E-state index in [0.29, 0.717) is 5.56 Å². The highest BCUT2D eigenvalue weighted by atomic mass is 35.5. The Balaban J connectivity index is 1.88. The summed E-state index contributed by atoms with van der Waals surface area (Å²) < 4.78 is 5.14. The number of hydrogen-bond donors (Lipinski definition) is 2. The largest absolute Gasteiger partial charge is 0.508 e. The summed E-state index contributed by atoms with van der Waals surface area (Å²) in [6.45, 7) is 0.111. The fourth-order valence-electron chi connectivity index (χ4n) is 3.78. The Bertz CT molecular complexity index is 1240. The van der Waals surface area contributed by atoms with E-state index in [1.165, 1.54) is 36.3 Å². The van der Waals surface area contributed by atoms with Crippen LogP contribution in [0.3, 0.4) is 0 Å². The summed E-state index contributed by atoms with van der Waals surface area (Å²) in [5.74, 6) is -1.78. The lowest BCUT2D eigenvalue weighted by Crippen LogP contribution is -2.29. The summed E-state index contributed by atoms with van der Waals surface area (Å²) in [6, 6.07) is 11.5. The van der Waals surface area contributed by atoms with Crippen molar-refractivity contribution in [1.82, 2.24) is 9.88 Å². The van der Waals surface area contributed by atoms with E-state index in [0.717, 1.165) is 5.56 Å². The number of likely N-dealkylation sites (tertiary alicyclic amines) is 1. The van der Waals surface area contributed by atoms with Crippen LogP contribution in [0.4, 0.5) is 0 Å². The van der Waals surface area contributed by atoms with Crippen molar-refractivity contribution in [2.24, 2.45) is 0 Å². The van der Waals surface area contributed by atoms with Gasteiger partial charge in [0, 0.05) is 24.5 Å². The van der Waals surface area contributed by atoms with E-state index in [1.807, 2.05) is 0 Å². The van der Waals surface area contributed by atoms with Crippen molar-refractivity contribution in [2.75, 3.05) is 7.11 Å². The average Bonchev–Trinajstić information content (AvgIpc) is 3.04. The number of rotatable bonds is 5. The Labute approximate surface area is 199 Å². The van der Waals surface area contributed by atoms with Crippen molar-refractivity contribution in [1.29, 1.82) is 0 Å². The summed E-state index contributed by atoms with van der Waals surface area (Å²) in [5, 5.41) is 21.1. The second-order valence-electron chi connectivity index (χ2n) is 7.35. The molecule has 1 aliphatic heterocycles. The quantitative estimate of drug-likeness (QED) is 0.308. The van der Waals surface area contributed by atoms with Crippen LogP contribution < -0.4 is 4.74 Å². The standard InChI is InChI=1S/C24H18Cl2N2O5/c1-33-23-17(25)10-15(11-18(23)26)21(30)19-20(14-2-4-16(29)5-3-14)28(24(32)22(19)31)12-13-6-8-27-9-7-13/h2-11,20,29-30H,12H2,1H3/b21-19+. The molecule has 1 unspecified atom stereocenters. The Kier molecular flexibility index (Phi) is 6.26. The molecular weight excluding hydrogens is 467 g/mol. The summed E-state index contributed by atoms with van der Waals surface area (Å²) >= 11 is 12.4. The zero-order valence-electron chi connectivity index (χ0n) is 17.3. The van der Waals surface area contributed by atoms with Crippen molar-refractivity contribution >= 4 is 40.7 Å². The van der Waals surface area contributed by atoms with E-state index in [9.17, 15) is 19.8 Å². The van der Waals surface area contributed by atoms with Gasteiger partial charge in [0.2, 0.25) is 0 Å². The zero-order chi connectivity index (χ0) is 23.7. The number of hydrogen-bond acceptors (Lipinski definition) is 6. The summed E-state index contributed by atoms with van der Waals surface area (Å²) in [6.07, 6.45) is 3.17. The molecule has 1 aromatic heterocycles. The second-order valence-corrected chi connectivity index (χ2v) is 8.16. The molecule has 4 rings (SSSR count). The first-order valence-corrected chi connectivity index (χ1v) is 10.6.